The van der Waals surface area contributed by atoms with Crippen LogP contribution in [0, 0.1) is 0 Å². The molecule has 0 saturated heterocycles. The molecule has 3 aromatic rings. The van der Waals surface area contributed by atoms with E-state index < -0.39 is 22.0 Å². The SMILES string of the molecule is COc1ccc(N(C(C)C(=O)N/N=C/c2cc(Br)c(OCc3ccc(Cl)cc3Cl)c(OC)c2)S(C)(=O)=O)cc1. The molecule has 0 saturated carbocycles. The number of nitrogens with one attached hydrogen (secondary N) is 1. The molecule has 1 N–H and O–H groups in total. The highest BCUT2D eigenvalue weighted by molar-refractivity contribution is 9.10. The van der Waals surface area contributed by atoms with Crippen LogP contribution in [-0.2, 0) is 21.4 Å². The molecule has 13 heteroatoms. The van der Waals surface area contributed by atoms with Crippen LogP contribution in [0.2, 0.25) is 10.0 Å². The Morgan fingerprint density at radius 3 is 2.38 bits per heavy atom. The molecule has 0 bridgehead atoms. The number of carbonyl (C=O) groups is 1. The van der Waals surface area contributed by atoms with Crippen LogP contribution in [-0.4, -0.2) is 47.1 Å². The van der Waals surface area contributed by atoms with Crippen LogP contribution in [0.15, 0.2) is 64.2 Å². The predicted molar refractivity (Wildman–Crippen MR) is 157 cm³/mol. The summed E-state index contributed by atoms with van der Waals surface area (Å²) in [5, 5.41) is 5.00. The minimum absolute atomic E-state index is 0.178. The van der Waals surface area contributed by atoms with E-state index in [1.807, 2.05) is 0 Å². The molecule has 0 aliphatic rings. The second-order valence-electron chi connectivity index (χ2n) is 8.23. The Morgan fingerprint density at radius 1 is 1.10 bits per heavy atom. The Hall–Kier alpha value is -2.99. The molecule has 1 atom stereocenters. The number of rotatable bonds is 11. The van der Waals surface area contributed by atoms with Gasteiger partial charge in [-0.2, -0.15) is 5.10 Å². The molecule has 1 amide bonds. The molecule has 9 nitrogen and oxygen atoms in total. The van der Waals surface area contributed by atoms with Crippen LogP contribution in [0.1, 0.15) is 18.1 Å². The van der Waals surface area contributed by atoms with E-state index in [0.29, 0.717) is 43.0 Å². The molecule has 0 fully saturated rings. The fourth-order valence-corrected chi connectivity index (χ4v) is 5.76. The summed E-state index contributed by atoms with van der Waals surface area (Å²) in [6.45, 7) is 1.65. The summed E-state index contributed by atoms with van der Waals surface area (Å²) in [5.74, 6) is 0.791. The normalized spacial score (nSPS) is 12.2. The van der Waals surface area contributed by atoms with E-state index in [2.05, 4.69) is 26.5 Å². The van der Waals surface area contributed by atoms with Crippen molar-refractivity contribution in [3.63, 3.8) is 0 Å². The second kappa shape index (κ2) is 13.4. The monoisotopic (exact) mass is 657 g/mol. The van der Waals surface area contributed by atoms with Gasteiger partial charge in [-0.15, -0.1) is 0 Å². The van der Waals surface area contributed by atoms with Crippen molar-refractivity contribution in [1.82, 2.24) is 5.43 Å². The lowest BCUT2D eigenvalue weighted by Crippen LogP contribution is -2.46. The Labute approximate surface area is 245 Å². The number of anilines is 1. The summed E-state index contributed by atoms with van der Waals surface area (Å²) in [5.41, 5.74) is 4.03. The summed E-state index contributed by atoms with van der Waals surface area (Å²) in [6, 6.07) is 13.8. The minimum Gasteiger partial charge on any atom is -0.497 e. The average molecular weight is 659 g/mol. The number of hydrazone groups is 1. The van der Waals surface area contributed by atoms with E-state index in [0.717, 1.165) is 16.1 Å². The second-order valence-corrected chi connectivity index (χ2v) is 11.8. The molecule has 3 aromatic carbocycles. The van der Waals surface area contributed by atoms with Crippen LogP contribution < -0.4 is 23.9 Å². The number of sulfonamides is 1. The number of amides is 1. The van der Waals surface area contributed by atoms with Crippen LogP contribution in [0.4, 0.5) is 5.69 Å². The van der Waals surface area contributed by atoms with E-state index in [-0.39, 0.29) is 6.61 Å². The van der Waals surface area contributed by atoms with Crippen LogP contribution in [0.3, 0.4) is 0 Å². The average Bonchev–Trinajstić information content (AvgIpc) is 2.88. The molecular formula is C26H26BrCl2N3O6S. The molecule has 39 heavy (non-hydrogen) atoms. The number of carbonyl (C=O) groups excluding carboxylic acids is 1. The highest BCUT2D eigenvalue weighted by atomic mass is 79.9. The molecule has 1 unspecified atom stereocenters. The van der Waals surface area contributed by atoms with Crippen molar-refractivity contribution in [2.45, 2.75) is 19.6 Å². The predicted octanol–water partition coefficient (Wildman–Crippen LogP) is 5.66. The van der Waals surface area contributed by atoms with Gasteiger partial charge in [0.25, 0.3) is 5.91 Å². The topological polar surface area (TPSA) is 107 Å². The summed E-state index contributed by atoms with van der Waals surface area (Å²) in [7, 11) is -0.784. The number of nitrogens with zero attached hydrogens (tertiary/aromatic N) is 2. The molecule has 0 aliphatic heterocycles. The molecule has 0 aliphatic carbocycles. The molecular weight excluding hydrogens is 633 g/mol. The first-order valence-corrected chi connectivity index (χ1v) is 14.7. The number of ether oxygens (including phenoxy) is 3. The number of hydrogen-bond donors (Lipinski definition) is 1. The maximum Gasteiger partial charge on any atom is 0.263 e. The van der Waals surface area contributed by atoms with Gasteiger partial charge in [0.05, 0.1) is 36.9 Å². The standard InChI is InChI=1S/C26H26BrCl2N3O6S/c1-16(32(39(4,34)35)20-7-9-21(36-2)10-8-20)26(33)31-30-14-17-11-22(27)25(24(12-17)37-3)38-15-18-5-6-19(28)13-23(18)29/h5-14,16H,15H2,1-4H3,(H,31,33)/b30-14+. The van der Waals surface area contributed by atoms with Gasteiger partial charge < -0.3 is 14.2 Å². The first-order valence-electron chi connectivity index (χ1n) is 11.3. The van der Waals surface area contributed by atoms with Gasteiger partial charge in [0.15, 0.2) is 11.5 Å². The summed E-state index contributed by atoms with van der Waals surface area (Å²) < 4.78 is 43.0. The van der Waals surface area contributed by atoms with Gasteiger partial charge in [-0.05, 0) is 76.9 Å². The first kappa shape index (κ1) is 30.6. The van der Waals surface area contributed by atoms with Crippen molar-refractivity contribution < 1.29 is 27.4 Å². The van der Waals surface area contributed by atoms with Crippen molar-refractivity contribution in [2.24, 2.45) is 5.10 Å². The third-order valence-corrected chi connectivity index (χ3v) is 7.86. The molecule has 0 heterocycles. The van der Waals surface area contributed by atoms with Crippen molar-refractivity contribution >= 4 is 67.0 Å². The molecule has 0 radical (unpaired) electrons. The van der Waals surface area contributed by atoms with E-state index in [1.54, 1.807) is 54.6 Å². The summed E-state index contributed by atoms with van der Waals surface area (Å²) >= 11 is 15.7. The van der Waals surface area contributed by atoms with Gasteiger partial charge in [0, 0.05) is 15.6 Å². The highest BCUT2D eigenvalue weighted by Crippen LogP contribution is 2.37. The minimum atomic E-state index is -3.78. The van der Waals surface area contributed by atoms with Crippen molar-refractivity contribution in [1.29, 1.82) is 0 Å². The number of methoxy groups -OCH3 is 2. The fraction of sp³-hybridized carbons (Fsp3) is 0.231. The third kappa shape index (κ3) is 8.01. The number of hydrogen-bond acceptors (Lipinski definition) is 7. The maximum atomic E-state index is 12.8. The quantitative estimate of drug-likeness (QED) is 0.211. The Balaban J connectivity index is 1.72. The van der Waals surface area contributed by atoms with E-state index in [4.69, 9.17) is 37.4 Å². The van der Waals surface area contributed by atoms with E-state index >= 15 is 0 Å². The maximum absolute atomic E-state index is 12.8. The Kier molecular flexibility index (Phi) is 10.5. The van der Waals surface area contributed by atoms with Crippen molar-refractivity contribution in [3.05, 3.63) is 80.2 Å². The number of benzene rings is 3. The summed E-state index contributed by atoms with van der Waals surface area (Å²) in [6.07, 6.45) is 2.43. The van der Waals surface area contributed by atoms with Crippen molar-refractivity contribution in [3.8, 4) is 17.2 Å². The summed E-state index contributed by atoms with van der Waals surface area (Å²) in [4.78, 5) is 12.8. The third-order valence-electron chi connectivity index (χ3n) is 5.44. The molecule has 3 rings (SSSR count). The van der Waals surface area contributed by atoms with E-state index in [9.17, 15) is 13.2 Å². The fourth-order valence-electron chi connectivity index (χ4n) is 3.54. The van der Waals surface area contributed by atoms with Crippen LogP contribution >= 0.6 is 39.1 Å². The van der Waals surface area contributed by atoms with Gasteiger partial charge >= 0.3 is 0 Å². The zero-order valence-corrected chi connectivity index (χ0v) is 25.4. The van der Waals surface area contributed by atoms with E-state index in [1.165, 1.54) is 27.4 Å². The lowest BCUT2D eigenvalue weighted by atomic mass is 10.2. The van der Waals surface area contributed by atoms with Gasteiger partial charge in [-0.3, -0.25) is 9.10 Å². The number of halogens is 3. The Bertz CT molecular complexity index is 1470. The zero-order chi connectivity index (χ0) is 28.7. The lowest BCUT2D eigenvalue weighted by Gasteiger charge is -2.27. The zero-order valence-electron chi connectivity index (χ0n) is 21.4. The molecule has 0 spiro atoms. The van der Waals surface area contributed by atoms with Gasteiger partial charge in [0.1, 0.15) is 18.4 Å². The van der Waals surface area contributed by atoms with Crippen molar-refractivity contribution in [2.75, 3.05) is 24.8 Å². The smallest absolute Gasteiger partial charge is 0.263 e. The van der Waals surface area contributed by atoms with Gasteiger partial charge in [-0.1, -0.05) is 29.3 Å². The van der Waals surface area contributed by atoms with Gasteiger partial charge in [-0.25, -0.2) is 13.8 Å². The lowest BCUT2D eigenvalue weighted by molar-refractivity contribution is -0.121. The van der Waals surface area contributed by atoms with Gasteiger partial charge in [0.2, 0.25) is 10.0 Å². The Morgan fingerprint density at radius 2 is 1.79 bits per heavy atom. The molecule has 208 valence electrons. The van der Waals surface area contributed by atoms with Crippen LogP contribution in [0.25, 0.3) is 0 Å². The van der Waals surface area contributed by atoms with Crippen LogP contribution in [0.5, 0.6) is 17.2 Å². The first-order chi connectivity index (χ1) is 18.4. The largest absolute Gasteiger partial charge is 0.497 e. The molecule has 0 aromatic heterocycles. The highest BCUT2D eigenvalue weighted by Gasteiger charge is 2.29.